The Hall–Kier alpha value is -2.29. The second kappa shape index (κ2) is 8.60. The van der Waals surface area contributed by atoms with Gasteiger partial charge in [0.2, 0.25) is 5.91 Å². The van der Waals surface area contributed by atoms with Crippen molar-refractivity contribution < 1.29 is 22.7 Å². The molecule has 144 valence electrons. The van der Waals surface area contributed by atoms with Crippen LogP contribution in [0.1, 0.15) is 6.92 Å². The van der Waals surface area contributed by atoms with E-state index in [4.69, 9.17) is 23.2 Å². The minimum absolute atomic E-state index is 0.0125. The highest BCUT2D eigenvalue weighted by molar-refractivity contribution is 7.92. The first-order chi connectivity index (χ1) is 12.7. The fraction of sp³-hybridized carbons (Fsp3) is 0.176. The Kier molecular flexibility index (Phi) is 6.69. The molecule has 2 aromatic rings. The molecular formula is C17H16Cl2N2O5S. The van der Waals surface area contributed by atoms with E-state index in [2.05, 4.69) is 10.1 Å². The maximum atomic E-state index is 13.1. The number of carbonyl (C=O) groups is 2. The lowest BCUT2D eigenvalue weighted by Gasteiger charge is -2.24. The normalized spacial score (nSPS) is 11.0. The number of benzene rings is 2. The van der Waals surface area contributed by atoms with Crippen molar-refractivity contribution in [1.29, 1.82) is 0 Å². The number of rotatable bonds is 6. The van der Waals surface area contributed by atoms with Gasteiger partial charge in [0.25, 0.3) is 10.0 Å². The number of ether oxygens (including phenoxy) is 1. The van der Waals surface area contributed by atoms with Crippen molar-refractivity contribution in [1.82, 2.24) is 0 Å². The molecule has 0 aliphatic carbocycles. The lowest BCUT2D eigenvalue weighted by atomic mass is 10.3. The highest BCUT2D eigenvalue weighted by atomic mass is 35.5. The van der Waals surface area contributed by atoms with Gasteiger partial charge in [0, 0.05) is 12.6 Å². The molecule has 1 amide bonds. The van der Waals surface area contributed by atoms with Crippen LogP contribution in [0.2, 0.25) is 10.0 Å². The van der Waals surface area contributed by atoms with Crippen LogP contribution in [-0.2, 0) is 24.3 Å². The third-order valence-electron chi connectivity index (χ3n) is 3.46. The van der Waals surface area contributed by atoms with Crippen LogP contribution in [0.15, 0.2) is 47.4 Å². The Morgan fingerprint density at radius 1 is 1.11 bits per heavy atom. The van der Waals surface area contributed by atoms with Crippen molar-refractivity contribution in [3.63, 3.8) is 0 Å². The lowest BCUT2D eigenvalue weighted by Crippen LogP contribution is -2.36. The summed E-state index contributed by atoms with van der Waals surface area (Å²) in [6, 6.07) is 9.93. The standard InChI is InChI=1S/C17H16Cl2N2O5S/c1-11(22)20-12-6-8-13(9-7-12)27(24,25)21(10-16(23)26-2)15-5-3-4-14(18)17(15)19/h3-9H,10H2,1-2H3,(H,20,22). The minimum atomic E-state index is -4.17. The molecule has 0 spiro atoms. The number of esters is 1. The van der Waals surface area contributed by atoms with Gasteiger partial charge in [-0.15, -0.1) is 0 Å². The summed E-state index contributed by atoms with van der Waals surface area (Å²) < 4.78 is 31.6. The van der Waals surface area contributed by atoms with Gasteiger partial charge in [-0.05, 0) is 36.4 Å². The number of carbonyl (C=O) groups excluding carboxylic acids is 2. The fourth-order valence-corrected chi connectivity index (χ4v) is 4.08. The largest absolute Gasteiger partial charge is 0.468 e. The second-order valence-electron chi connectivity index (χ2n) is 5.37. The van der Waals surface area contributed by atoms with Crippen molar-refractivity contribution >= 4 is 56.5 Å². The molecule has 2 aromatic carbocycles. The Labute approximate surface area is 166 Å². The zero-order chi connectivity index (χ0) is 20.2. The topological polar surface area (TPSA) is 92.8 Å². The maximum absolute atomic E-state index is 13.1. The van der Waals surface area contributed by atoms with E-state index >= 15 is 0 Å². The van der Waals surface area contributed by atoms with Gasteiger partial charge in [-0.2, -0.15) is 0 Å². The number of anilines is 2. The molecule has 0 aliphatic rings. The van der Waals surface area contributed by atoms with Gasteiger partial charge in [0.1, 0.15) is 6.54 Å². The van der Waals surface area contributed by atoms with E-state index in [1.54, 1.807) is 0 Å². The Bertz CT molecular complexity index is 962. The summed E-state index contributed by atoms with van der Waals surface area (Å²) in [5, 5.41) is 2.67. The van der Waals surface area contributed by atoms with Crippen LogP contribution < -0.4 is 9.62 Å². The second-order valence-corrected chi connectivity index (χ2v) is 8.01. The summed E-state index contributed by atoms with van der Waals surface area (Å²) in [7, 11) is -3.02. The van der Waals surface area contributed by atoms with Gasteiger partial charge < -0.3 is 10.1 Å². The van der Waals surface area contributed by atoms with Crippen molar-refractivity contribution in [3.05, 3.63) is 52.5 Å². The zero-order valence-corrected chi connectivity index (χ0v) is 16.7. The first kappa shape index (κ1) is 21.0. The van der Waals surface area contributed by atoms with E-state index in [0.29, 0.717) is 5.69 Å². The highest BCUT2D eigenvalue weighted by Gasteiger charge is 2.29. The maximum Gasteiger partial charge on any atom is 0.326 e. The molecule has 0 radical (unpaired) electrons. The van der Waals surface area contributed by atoms with E-state index in [0.717, 1.165) is 11.4 Å². The average molecular weight is 431 g/mol. The van der Waals surface area contributed by atoms with E-state index in [-0.39, 0.29) is 26.5 Å². The van der Waals surface area contributed by atoms with Gasteiger partial charge >= 0.3 is 5.97 Å². The van der Waals surface area contributed by atoms with Crippen LogP contribution in [0.3, 0.4) is 0 Å². The van der Waals surface area contributed by atoms with Crippen LogP contribution in [0.5, 0.6) is 0 Å². The van der Waals surface area contributed by atoms with E-state index in [1.165, 1.54) is 49.4 Å². The average Bonchev–Trinajstić information content (AvgIpc) is 2.62. The third-order valence-corrected chi connectivity index (χ3v) is 6.05. The number of amides is 1. The third kappa shape index (κ3) is 4.91. The van der Waals surface area contributed by atoms with Crippen LogP contribution in [0.25, 0.3) is 0 Å². The summed E-state index contributed by atoms with van der Waals surface area (Å²) in [6.45, 7) is 0.746. The number of hydrogen-bond donors (Lipinski definition) is 1. The number of methoxy groups -OCH3 is 1. The van der Waals surface area contributed by atoms with Gasteiger partial charge in [-0.25, -0.2) is 8.42 Å². The number of nitrogens with one attached hydrogen (secondary N) is 1. The highest BCUT2D eigenvalue weighted by Crippen LogP contribution is 2.35. The van der Waals surface area contributed by atoms with Crippen LogP contribution in [-0.4, -0.2) is 33.9 Å². The molecule has 0 aromatic heterocycles. The van der Waals surface area contributed by atoms with E-state index in [1.807, 2.05) is 0 Å². The first-order valence-electron chi connectivity index (χ1n) is 7.58. The number of halogens is 2. The molecular weight excluding hydrogens is 415 g/mol. The van der Waals surface area contributed by atoms with Crippen molar-refractivity contribution in [2.45, 2.75) is 11.8 Å². The quantitative estimate of drug-likeness (QED) is 0.709. The number of hydrogen-bond acceptors (Lipinski definition) is 5. The van der Waals surface area contributed by atoms with Gasteiger partial charge in [0.15, 0.2) is 0 Å². The van der Waals surface area contributed by atoms with Gasteiger partial charge in [-0.1, -0.05) is 29.3 Å². The summed E-state index contributed by atoms with van der Waals surface area (Å²) in [5.41, 5.74) is 0.474. The SMILES string of the molecule is COC(=O)CN(c1cccc(Cl)c1Cl)S(=O)(=O)c1ccc(NC(C)=O)cc1. The summed E-state index contributed by atoms with van der Waals surface area (Å²) >= 11 is 12.1. The molecule has 0 atom stereocenters. The van der Waals surface area contributed by atoms with Crippen molar-refractivity contribution in [2.24, 2.45) is 0 Å². The molecule has 10 heteroatoms. The molecule has 7 nitrogen and oxygen atoms in total. The van der Waals surface area contributed by atoms with E-state index in [9.17, 15) is 18.0 Å². The van der Waals surface area contributed by atoms with Crippen LogP contribution in [0, 0.1) is 0 Å². The molecule has 0 saturated carbocycles. The van der Waals surface area contributed by atoms with Crippen molar-refractivity contribution in [3.8, 4) is 0 Å². The molecule has 1 N–H and O–H groups in total. The van der Waals surface area contributed by atoms with Crippen LogP contribution >= 0.6 is 23.2 Å². The summed E-state index contributed by atoms with van der Waals surface area (Å²) in [6.07, 6.45) is 0. The zero-order valence-electron chi connectivity index (χ0n) is 14.4. The molecule has 0 fully saturated rings. The minimum Gasteiger partial charge on any atom is -0.468 e. The number of nitrogens with zero attached hydrogens (tertiary/aromatic N) is 1. The smallest absolute Gasteiger partial charge is 0.326 e. The summed E-state index contributed by atoms with van der Waals surface area (Å²) in [4.78, 5) is 22.8. The molecule has 27 heavy (non-hydrogen) atoms. The van der Waals surface area contributed by atoms with Crippen molar-refractivity contribution in [2.75, 3.05) is 23.3 Å². The summed E-state index contributed by atoms with van der Waals surface area (Å²) in [5.74, 6) is -1.06. The molecule has 2 rings (SSSR count). The van der Waals surface area contributed by atoms with Gasteiger partial charge in [0.05, 0.1) is 27.7 Å². The Morgan fingerprint density at radius 2 is 1.74 bits per heavy atom. The lowest BCUT2D eigenvalue weighted by molar-refractivity contribution is -0.138. The fourth-order valence-electron chi connectivity index (χ4n) is 2.21. The monoisotopic (exact) mass is 430 g/mol. The molecule has 0 unspecified atom stereocenters. The predicted octanol–water partition coefficient (Wildman–Crippen LogP) is 3.32. The van der Waals surface area contributed by atoms with Gasteiger partial charge in [-0.3, -0.25) is 13.9 Å². The molecule has 0 aliphatic heterocycles. The number of sulfonamides is 1. The predicted molar refractivity (Wildman–Crippen MR) is 104 cm³/mol. The molecule has 0 bridgehead atoms. The Balaban J connectivity index is 2.51. The van der Waals surface area contributed by atoms with Crippen LogP contribution in [0.4, 0.5) is 11.4 Å². The molecule has 0 saturated heterocycles. The Morgan fingerprint density at radius 3 is 2.30 bits per heavy atom. The van der Waals surface area contributed by atoms with E-state index < -0.39 is 22.5 Å². The first-order valence-corrected chi connectivity index (χ1v) is 9.77. The molecule has 0 heterocycles.